The van der Waals surface area contributed by atoms with Gasteiger partial charge in [-0.25, -0.2) is 20.5 Å². The fourth-order valence-corrected chi connectivity index (χ4v) is 2.42. The van der Waals surface area contributed by atoms with Gasteiger partial charge >= 0.3 is 0 Å². The first kappa shape index (κ1) is 18.8. The number of alkyl halides is 2. The molecule has 124 valence electrons. The molecule has 0 atom stereocenters. The molecule has 0 radical (unpaired) electrons. The van der Waals surface area contributed by atoms with Gasteiger partial charge in [-0.3, -0.25) is 10.2 Å². The Bertz CT molecular complexity index is 604. The molecule has 5 nitrogen and oxygen atoms in total. The molecule has 0 saturated heterocycles. The Labute approximate surface area is 137 Å². The number of carbonyl (C=O) groups is 1. The molecule has 0 aliphatic carbocycles. The number of nitrogens with one attached hydrogen (secondary N) is 1. The topological polar surface area (TPSA) is 84.4 Å². The number of nitrogens with two attached hydrogens (primary N) is 2. The van der Waals surface area contributed by atoms with Crippen molar-refractivity contribution < 1.29 is 13.6 Å². The van der Waals surface area contributed by atoms with Crippen LogP contribution in [0.5, 0.6) is 0 Å². The average Bonchev–Trinajstić information content (AvgIpc) is 3.06. The van der Waals surface area contributed by atoms with E-state index in [2.05, 4.69) is 5.84 Å². The highest BCUT2D eigenvalue weighted by molar-refractivity contribution is 7.10. The molecule has 23 heavy (non-hydrogen) atoms. The highest BCUT2D eigenvalue weighted by Crippen LogP contribution is 2.31. The Hall–Kier alpha value is -2.29. The Kier molecular flexibility index (Phi) is 7.89. The van der Waals surface area contributed by atoms with E-state index in [0.29, 0.717) is 17.7 Å². The molecular weight excluding hydrogens is 322 g/mol. The minimum Gasteiger partial charge on any atom is -0.314 e. The van der Waals surface area contributed by atoms with Crippen LogP contribution >= 0.6 is 11.3 Å². The molecule has 0 bridgehead atoms. The molecule has 0 aliphatic heterocycles. The summed E-state index contributed by atoms with van der Waals surface area (Å²) in [6.45, 7) is 0. The van der Waals surface area contributed by atoms with Crippen LogP contribution in [0.2, 0.25) is 0 Å². The summed E-state index contributed by atoms with van der Waals surface area (Å²) in [5.41, 5.74) is 2.77. The van der Waals surface area contributed by atoms with E-state index >= 15 is 0 Å². The smallest absolute Gasteiger partial charge is 0.264 e. The van der Waals surface area contributed by atoms with Crippen LogP contribution in [0, 0.1) is 0 Å². The van der Waals surface area contributed by atoms with Crippen molar-refractivity contribution in [2.75, 3.05) is 12.1 Å². The molecule has 0 unspecified atom stereocenters. The van der Waals surface area contributed by atoms with E-state index in [1.165, 1.54) is 11.1 Å². The third-order valence-electron chi connectivity index (χ3n) is 2.76. The molecule has 8 heteroatoms. The predicted octanol–water partition coefficient (Wildman–Crippen LogP) is 2.77. The quantitative estimate of drug-likeness (QED) is 0.338. The summed E-state index contributed by atoms with van der Waals surface area (Å²) in [6.07, 6.45) is 1.38. The second kappa shape index (κ2) is 9.67. The normalized spacial score (nSPS) is 10.3. The van der Waals surface area contributed by atoms with Gasteiger partial charge in [0.15, 0.2) is 0 Å². The van der Waals surface area contributed by atoms with Crippen molar-refractivity contribution in [3.63, 3.8) is 0 Å². The van der Waals surface area contributed by atoms with Gasteiger partial charge in [-0.15, -0.1) is 11.3 Å². The van der Waals surface area contributed by atoms with Crippen molar-refractivity contribution in [3.8, 4) is 0 Å². The zero-order chi connectivity index (χ0) is 17.2. The van der Waals surface area contributed by atoms with Crippen LogP contribution in [-0.2, 0) is 4.79 Å². The highest BCUT2D eigenvalue weighted by atomic mass is 32.1. The van der Waals surface area contributed by atoms with Gasteiger partial charge < -0.3 is 5.01 Å². The lowest BCUT2D eigenvalue weighted by Gasteiger charge is -2.17. The van der Waals surface area contributed by atoms with Gasteiger partial charge in [0, 0.05) is 23.1 Å². The van der Waals surface area contributed by atoms with Crippen LogP contribution in [0.4, 0.5) is 14.5 Å². The summed E-state index contributed by atoms with van der Waals surface area (Å²) >= 11 is 1.55. The number of hydrazine groups is 2. The molecular formula is C15H18F2N4OS. The van der Waals surface area contributed by atoms with Gasteiger partial charge in [0.25, 0.3) is 6.43 Å². The maximum atomic E-state index is 13.0. The molecule has 0 aliphatic rings. The van der Waals surface area contributed by atoms with Crippen LogP contribution in [0.25, 0.3) is 12.2 Å². The number of thiophene rings is 1. The van der Waals surface area contributed by atoms with Crippen LogP contribution < -0.4 is 22.1 Å². The van der Waals surface area contributed by atoms with Crippen molar-refractivity contribution in [1.82, 2.24) is 5.43 Å². The third kappa shape index (κ3) is 5.78. The fourth-order valence-electron chi connectivity index (χ4n) is 1.80. The summed E-state index contributed by atoms with van der Waals surface area (Å²) in [5.74, 6) is 10.1. The molecule has 1 heterocycles. The molecule has 2 aromatic rings. The Morgan fingerprint density at radius 1 is 1.26 bits per heavy atom. The zero-order valence-electron chi connectivity index (χ0n) is 12.4. The summed E-state index contributed by atoms with van der Waals surface area (Å²) in [7, 11) is 1.63. The van der Waals surface area contributed by atoms with Crippen molar-refractivity contribution in [1.29, 1.82) is 0 Å². The number of benzene rings is 1. The lowest BCUT2D eigenvalue weighted by molar-refractivity contribution is -0.109. The number of anilines is 1. The first-order valence-electron chi connectivity index (χ1n) is 6.52. The molecule has 1 aromatic carbocycles. The van der Waals surface area contributed by atoms with Gasteiger partial charge in [-0.2, -0.15) is 0 Å². The van der Waals surface area contributed by atoms with Gasteiger partial charge in [0.1, 0.15) is 0 Å². The lowest BCUT2D eigenvalue weighted by Crippen LogP contribution is -2.26. The summed E-state index contributed by atoms with van der Waals surface area (Å²) < 4.78 is 26.1. The summed E-state index contributed by atoms with van der Waals surface area (Å²) in [4.78, 5) is 9.95. The minimum absolute atomic E-state index is 0.0115. The SMILES string of the molecule is CN(N)c1cccc(C(F)F)c1/C=C/c1cccs1.NNC=O. The number of halogens is 2. The maximum Gasteiger partial charge on any atom is 0.264 e. The molecule has 5 N–H and O–H groups in total. The van der Waals surface area contributed by atoms with Crippen molar-refractivity contribution in [2.45, 2.75) is 6.43 Å². The van der Waals surface area contributed by atoms with E-state index in [4.69, 9.17) is 10.6 Å². The minimum atomic E-state index is -2.53. The molecule has 1 amide bonds. The number of hydrogen-bond acceptors (Lipinski definition) is 5. The molecule has 0 spiro atoms. The lowest BCUT2D eigenvalue weighted by atomic mass is 10.0. The maximum absolute atomic E-state index is 13.0. The number of amides is 1. The van der Waals surface area contributed by atoms with Gasteiger partial charge in [-0.05, 0) is 23.6 Å². The van der Waals surface area contributed by atoms with Crippen LogP contribution in [-0.4, -0.2) is 13.5 Å². The monoisotopic (exact) mass is 340 g/mol. The largest absolute Gasteiger partial charge is 0.314 e. The number of hydrogen-bond donors (Lipinski definition) is 3. The van der Waals surface area contributed by atoms with Crippen molar-refractivity contribution >= 4 is 35.6 Å². The van der Waals surface area contributed by atoms with Crippen LogP contribution in [0.1, 0.15) is 22.4 Å². The summed E-state index contributed by atoms with van der Waals surface area (Å²) in [6, 6.07) is 8.58. The van der Waals surface area contributed by atoms with E-state index in [9.17, 15) is 8.78 Å². The van der Waals surface area contributed by atoms with Gasteiger partial charge in [0.05, 0.1) is 5.69 Å². The highest BCUT2D eigenvalue weighted by Gasteiger charge is 2.15. The molecule has 0 fully saturated rings. The molecule has 2 rings (SSSR count). The molecule has 0 saturated carbocycles. The zero-order valence-corrected chi connectivity index (χ0v) is 13.3. The number of carbonyl (C=O) groups excluding carboxylic acids is 1. The fraction of sp³-hybridized carbons (Fsp3) is 0.133. The second-order valence-corrected chi connectivity index (χ2v) is 5.30. The second-order valence-electron chi connectivity index (χ2n) is 4.32. The van der Waals surface area contributed by atoms with Gasteiger partial charge in [0.2, 0.25) is 6.41 Å². The first-order chi connectivity index (χ1) is 11.0. The average molecular weight is 340 g/mol. The van der Waals surface area contributed by atoms with E-state index in [-0.39, 0.29) is 5.56 Å². The summed E-state index contributed by atoms with van der Waals surface area (Å²) in [5, 5.41) is 3.29. The van der Waals surface area contributed by atoms with E-state index in [1.54, 1.807) is 42.0 Å². The standard InChI is InChI=1S/C14H14F2N2S.CH4N2O/c1-18(17)13-6-2-5-12(14(15)16)11(13)8-7-10-4-3-9-19-10;2-3-1-4/h2-9,14H,17H2,1H3;1H,2H2,(H,3,4)/b8-7+;. The van der Waals surface area contributed by atoms with E-state index in [0.717, 1.165) is 4.88 Å². The Morgan fingerprint density at radius 2 is 1.96 bits per heavy atom. The van der Waals surface area contributed by atoms with Crippen LogP contribution in [0.3, 0.4) is 0 Å². The Balaban J connectivity index is 0.000000593. The van der Waals surface area contributed by atoms with Crippen LogP contribution in [0.15, 0.2) is 35.7 Å². The third-order valence-corrected chi connectivity index (χ3v) is 3.59. The van der Waals surface area contributed by atoms with Crippen molar-refractivity contribution in [3.05, 3.63) is 51.7 Å². The van der Waals surface area contributed by atoms with E-state index < -0.39 is 6.43 Å². The number of nitrogens with zero attached hydrogens (tertiary/aromatic N) is 1. The molecule has 1 aromatic heterocycles. The predicted molar refractivity (Wildman–Crippen MR) is 90.6 cm³/mol. The number of rotatable bonds is 5. The Morgan fingerprint density at radius 3 is 2.43 bits per heavy atom. The van der Waals surface area contributed by atoms with E-state index in [1.807, 2.05) is 23.6 Å². The van der Waals surface area contributed by atoms with Crippen molar-refractivity contribution in [2.24, 2.45) is 11.7 Å². The first-order valence-corrected chi connectivity index (χ1v) is 7.40. The van der Waals surface area contributed by atoms with Gasteiger partial charge in [-0.1, -0.05) is 24.3 Å².